The Balaban J connectivity index is 2.01. The largest absolute Gasteiger partial charge is 0.480 e. The first-order valence-electron chi connectivity index (χ1n) is 5.14. The first-order valence-corrected chi connectivity index (χ1v) is 6.30. The van der Waals surface area contributed by atoms with E-state index in [4.69, 9.17) is 5.11 Å². The third kappa shape index (κ3) is 2.16. The van der Waals surface area contributed by atoms with E-state index in [1.165, 1.54) is 16.7 Å². The van der Waals surface area contributed by atoms with E-state index in [1.54, 1.807) is 0 Å². The molecule has 0 saturated carbocycles. The second-order valence-corrected chi connectivity index (χ2v) is 4.97. The fraction of sp³-hybridized carbons (Fsp3) is 0.778. The second-order valence-electron chi connectivity index (χ2n) is 3.97. The Kier molecular flexibility index (Phi) is 3.36. The van der Waals surface area contributed by atoms with Crippen molar-refractivity contribution in [1.82, 2.24) is 10.2 Å². The zero-order valence-electron chi connectivity index (χ0n) is 8.63. The van der Waals surface area contributed by atoms with E-state index in [9.17, 15) is 14.7 Å². The zero-order chi connectivity index (χ0) is 11.7. The van der Waals surface area contributed by atoms with Gasteiger partial charge in [0.15, 0.2) is 0 Å². The molecule has 0 aromatic rings. The standard InChI is InChI=1S/C9H14N2O4S/c12-7-2-1-5(10-7)8(13)11-4-16-3-6(11)9(14)15/h5-7,10,12H,1-4H2,(H,14,15)/t5-,6-,7-/m0/s1. The van der Waals surface area contributed by atoms with Crippen LogP contribution in [0.3, 0.4) is 0 Å². The lowest BCUT2D eigenvalue weighted by Crippen LogP contribution is -2.49. The van der Waals surface area contributed by atoms with Crippen LogP contribution in [-0.2, 0) is 9.59 Å². The minimum absolute atomic E-state index is 0.214. The molecule has 2 aliphatic heterocycles. The molecule has 0 unspecified atom stereocenters. The third-order valence-corrected chi connectivity index (χ3v) is 3.88. The summed E-state index contributed by atoms with van der Waals surface area (Å²) in [6, 6.07) is -1.16. The average Bonchev–Trinajstić information content (AvgIpc) is 2.84. The minimum atomic E-state index is -0.961. The van der Waals surface area contributed by atoms with Crippen LogP contribution in [0.5, 0.6) is 0 Å². The maximum atomic E-state index is 12.0. The lowest BCUT2D eigenvalue weighted by Gasteiger charge is -2.23. The van der Waals surface area contributed by atoms with Crippen LogP contribution in [0.2, 0.25) is 0 Å². The number of carboxylic acid groups (broad SMARTS) is 1. The van der Waals surface area contributed by atoms with Gasteiger partial charge in [0, 0.05) is 5.75 Å². The molecule has 2 heterocycles. The molecular formula is C9H14N2O4S. The highest BCUT2D eigenvalue weighted by atomic mass is 32.2. The van der Waals surface area contributed by atoms with Gasteiger partial charge < -0.3 is 15.1 Å². The molecule has 2 aliphatic rings. The molecule has 0 bridgehead atoms. The molecular weight excluding hydrogens is 232 g/mol. The van der Waals surface area contributed by atoms with Crippen LogP contribution in [0.1, 0.15) is 12.8 Å². The number of carbonyl (C=O) groups is 2. The summed E-state index contributed by atoms with van der Waals surface area (Å²) in [4.78, 5) is 24.3. The van der Waals surface area contributed by atoms with Crippen molar-refractivity contribution in [3.63, 3.8) is 0 Å². The van der Waals surface area contributed by atoms with Crippen molar-refractivity contribution in [3.05, 3.63) is 0 Å². The molecule has 16 heavy (non-hydrogen) atoms. The molecule has 0 radical (unpaired) electrons. The van der Waals surface area contributed by atoms with Gasteiger partial charge in [-0.15, -0.1) is 11.8 Å². The summed E-state index contributed by atoms with van der Waals surface area (Å²) in [5.74, 6) is -0.314. The highest BCUT2D eigenvalue weighted by molar-refractivity contribution is 7.99. The number of hydrogen-bond acceptors (Lipinski definition) is 5. The number of hydrogen-bond donors (Lipinski definition) is 3. The van der Waals surface area contributed by atoms with Crippen molar-refractivity contribution in [2.45, 2.75) is 31.2 Å². The second kappa shape index (κ2) is 4.60. The van der Waals surface area contributed by atoms with Gasteiger partial charge in [-0.1, -0.05) is 0 Å². The average molecular weight is 246 g/mol. The van der Waals surface area contributed by atoms with E-state index in [2.05, 4.69) is 5.32 Å². The van der Waals surface area contributed by atoms with Crippen LogP contribution in [0.15, 0.2) is 0 Å². The van der Waals surface area contributed by atoms with Gasteiger partial charge >= 0.3 is 5.97 Å². The summed E-state index contributed by atoms with van der Waals surface area (Å²) in [6.45, 7) is 0. The molecule has 3 atom stereocenters. The molecule has 0 spiro atoms. The van der Waals surface area contributed by atoms with Crippen LogP contribution in [0.4, 0.5) is 0 Å². The SMILES string of the molecule is O=C(O)[C@@H]1CSCN1C(=O)[C@@H]1CC[C@H](O)N1. The molecule has 7 heteroatoms. The first kappa shape index (κ1) is 11.7. The Labute approximate surface area is 97.0 Å². The van der Waals surface area contributed by atoms with Crippen molar-refractivity contribution in [1.29, 1.82) is 0 Å². The van der Waals surface area contributed by atoms with Gasteiger partial charge in [-0.2, -0.15) is 0 Å². The Morgan fingerprint density at radius 3 is 2.69 bits per heavy atom. The molecule has 2 fully saturated rings. The van der Waals surface area contributed by atoms with Gasteiger partial charge in [-0.3, -0.25) is 10.1 Å². The summed E-state index contributed by atoms with van der Waals surface area (Å²) in [6.07, 6.45) is 0.454. The number of thioether (sulfide) groups is 1. The third-order valence-electron chi connectivity index (χ3n) is 2.87. The number of nitrogens with zero attached hydrogens (tertiary/aromatic N) is 1. The number of aliphatic hydroxyl groups is 1. The summed E-state index contributed by atoms with van der Waals surface area (Å²) in [5, 5.41) is 21.0. The van der Waals surface area contributed by atoms with Crippen LogP contribution in [0.25, 0.3) is 0 Å². The van der Waals surface area contributed by atoms with Gasteiger partial charge in [-0.25, -0.2) is 4.79 Å². The van der Waals surface area contributed by atoms with Crippen molar-refractivity contribution in [2.75, 3.05) is 11.6 Å². The topological polar surface area (TPSA) is 89.9 Å². The molecule has 3 N–H and O–H groups in total. The summed E-state index contributed by atoms with van der Waals surface area (Å²) < 4.78 is 0. The molecule has 2 rings (SSSR count). The maximum Gasteiger partial charge on any atom is 0.327 e. The monoisotopic (exact) mass is 246 g/mol. The van der Waals surface area contributed by atoms with Gasteiger partial charge in [0.25, 0.3) is 0 Å². The summed E-state index contributed by atoms with van der Waals surface area (Å²) in [7, 11) is 0. The van der Waals surface area contributed by atoms with Crippen LogP contribution < -0.4 is 5.32 Å². The van der Waals surface area contributed by atoms with Crippen LogP contribution in [-0.4, -0.2) is 56.9 Å². The van der Waals surface area contributed by atoms with E-state index >= 15 is 0 Å². The Morgan fingerprint density at radius 1 is 1.38 bits per heavy atom. The van der Waals surface area contributed by atoms with Gasteiger partial charge in [0.2, 0.25) is 5.91 Å². The smallest absolute Gasteiger partial charge is 0.327 e. The predicted octanol–water partition coefficient (Wildman–Crippen LogP) is -0.957. The van der Waals surface area contributed by atoms with Crippen molar-refractivity contribution < 1.29 is 19.8 Å². The number of amides is 1. The van der Waals surface area contributed by atoms with E-state index in [1.807, 2.05) is 0 Å². The first-order chi connectivity index (χ1) is 7.59. The van der Waals surface area contributed by atoms with Crippen LogP contribution >= 0.6 is 11.8 Å². The molecule has 90 valence electrons. The van der Waals surface area contributed by atoms with E-state index in [0.29, 0.717) is 24.5 Å². The quantitative estimate of drug-likeness (QED) is 0.581. The van der Waals surface area contributed by atoms with Crippen molar-refractivity contribution >= 4 is 23.6 Å². The minimum Gasteiger partial charge on any atom is -0.480 e. The van der Waals surface area contributed by atoms with Gasteiger partial charge in [0.05, 0.1) is 11.9 Å². The van der Waals surface area contributed by atoms with Crippen molar-refractivity contribution in [3.8, 4) is 0 Å². The molecule has 2 saturated heterocycles. The number of rotatable bonds is 2. The normalized spacial score (nSPS) is 34.3. The van der Waals surface area contributed by atoms with Crippen molar-refractivity contribution in [2.24, 2.45) is 0 Å². The highest BCUT2D eigenvalue weighted by Crippen LogP contribution is 2.24. The number of aliphatic hydroxyl groups excluding tert-OH is 1. The number of carbonyl (C=O) groups excluding carboxylic acids is 1. The van der Waals surface area contributed by atoms with Gasteiger partial charge in [-0.05, 0) is 12.8 Å². The van der Waals surface area contributed by atoms with Gasteiger partial charge in [0.1, 0.15) is 12.3 Å². The number of aliphatic carboxylic acids is 1. The lowest BCUT2D eigenvalue weighted by atomic mass is 10.2. The van der Waals surface area contributed by atoms with E-state index in [-0.39, 0.29) is 5.91 Å². The molecule has 0 aromatic carbocycles. The Hall–Kier alpha value is -0.790. The van der Waals surface area contributed by atoms with E-state index < -0.39 is 24.3 Å². The van der Waals surface area contributed by atoms with E-state index in [0.717, 1.165) is 0 Å². The maximum absolute atomic E-state index is 12.0. The Bertz CT molecular complexity index is 312. The summed E-state index contributed by atoms with van der Waals surface area (Å²) >= 11 is 1.44. The lowest BCUT2D eigenvalue weighted by molar-refractivity contribution is -0.148. The molecule has 0 aromatic heterocycles. The molecule has 1 amide bonds. The highest BCUT2D eigenvalue weighted by Gasteiger charge is 2.39. The fourth-order valence-electron chi connectivity index (χ4n) is 1.98. The summed E-state index contributed by atoms with van der Waals surface area (Å²) in [5.41, 5.74) is 0. The Morgan fingerprint density at radius 2 is 2.12 bits per heavy atom. The zero-order valence-corrected chi connectivity index (χ0v) is 9.44. The predicted molar refractivity (Wildman–Crippen MR) is 57.8 cm³/mol. The number of carboxylic acids is 1. The van der Waals surface area contributed by atoms with Crippen LogP contribution in [0, 0.1) is 0 Å². The number of nitrogens with one attached hydrogen (secondary N) is 1. The molecule has 0 aliphatic carbocycles. The molecule has 6 nitrogen and oxygen atoms in total. The fourth-order valence-corrected chi connectivity index (χ4v) is 3.14.